The van der Waals surface area contributed by atoms with Crippen molar-refractivity contribution in [1.82, 2.24) is 20.3 Å². The summed E-state index contributed by atoms with van der Waals surface area (Å²) in [6.07, 6.45) is 4.21. The monoisotopic (exact) mass is 288 g/mol. The third kappa shape index (κ3) is 4.88. The second kappa shape index (κ2) is 7.39. The van der Waals surface area contributed by atoms with E-state index in [9.17, 15) is 4.79 Å². The number of aryl methyl sites for hydroxylation is 1. The topological polar surface area (TPSA) is 97.9 Å². The number of aromatic nitrogens is 3. The molecule has 1 atom stereocenters. The van der Waals surface area contributed by atoms with E-state index in [1.807, 2.05) is 31.2 Å². The molecule has 112 valence electrons. The Morgan fingerprint density at radius 2 is 2.33 bits per heavy atom. The quantitative estimate of drug-likeness (QED) is 0.702. The van der Waals surface area contributed by atoms with E-state index < -0.39 is 0 Å². The van der Waals surface area contributed by atoms with E-state index in [1.54, 1.807) is 17.1 Å². The normalized spacial score (nSPS) is 11.9. The highest BCUT2D eigenvalue weighted by atomic mass is 16.2. The second-order valence-electron chi connectivity index (χ2n) is 4.81. The van der Waals surface area contributed by atoms with E-state index in [-0.39, 0.29) is 12.1 Å². The van der Waals surface area contributed by atoms with Crippen LogP contribution in [-0.4, -0.2) is 27.6 Å². The first-order valence-corrected chi connectivity index (χ1v) is 6.89. The number of hydrogen-bond acceptors (Lipinski definition) is 4. The van der Waals surface area contributed by atoms with Gasteiger partial charge in [-0.2, -0.15) is 0 Å². The number of nitrogens with zero attached hydrogens (tertiary/aromatic N) is 3. The fourth-order valence-corrected chi connectivity index (χ4v) is 1.87. The summed E-state index contributed by atoms with van der Waals surface area (Å²) in [5.74, 6) is 0. The summed E-state index contributed by atoms with van der Waals surface area (Å²) >= 11 is 0. The van der Waals surface area contributed by atoms with Gasteiger partial charge in [-0.05, 0) is 31.0 Å². The van der Waals surface area contributed by atoms with Gasteiger partial charge in [-0.1, -0.05) is 17.3 Å². The molecule has 1 unspecified atom stereocenters. The van der Waals surface area contributed by atoms with Crippen molar-refractivity contribution in [2.24, 2.45) is 5.73 Å². The average Bonchev–Trinajstić information content (AvgIpc) is 2.97. The summed E-state index contributed by atoms with van der Waals surface area (Å²) in [4.78, 5) is 11.8. The van der Waals surface area contributed by atoms with E-state index in [2.05, 4.69) is 20.9 Å². The van der Waals surface area contributed by atoms with Crippen LogP contribution in [0.2, 0.25) is 0 Å². The molecule has 0 saturated carbocycles. The zero-order valence-electron chi connectivity index (χ0n) is 12.0. The van der Waals surface area contributed by atoms with Crippen LogP contribution in [0.5, 0.6) is 0 Å². The third-order valence-electron chi connectivity index (χ3n) is 2.99. The van der Waals surface area contributed by atoms with E-state index in [0.717, 1.165) is 24.2 Å². The Balaban J connectivity index is 1.72. The first kappa shape index (κ1) is 15.0. The zero-order chi connectivity index (χ0) is 15.1. The van der Waals surface area contributed by atoms with Gasteiger partial charge >= 0.3 is 6.03 Å². The molecule has 0 saturated heterocycles. The fraction of sp³-hybridized carbons (Fsp3) is 0.357. The minimum absolute atomic E-state index is 0.0579. The summed E-state index contributed by atoms with van der Waals surface area (Å²) in [5, 5.41) is 13.2. The molecule has 7 nitrogen and oxygen atoms in total. The Hall–Kier alpha value is -2.41. The SMILES string of the molecule is CC(N)c1cccc(NC(=O)NCCCn2ccnn2)c1. The standard InChI is InChI=1S/C14H20N6O/c1-11(15)12-4-2-5-13(10-12)18-14(21)16-6-3-8-20-9-7-17-19-20/h2,4-5,7,9-11H,3,6,8,15H2,1H3,(H2,16,18,21). The maximum atomic E-state index is 11.8. The van der Waals surface area contributed by atoms with Crippen LogP contribution in [0.3, 0.4) is 0 Å². The summed E-state index contributed by atoms with van der Waals surface area (Å²) in [7, 11) is 0. The lowest BCUT2D eigenvalue weighted by atomic mass is 10.1. The minimum atomic E-state index is -0.226. The lowest BCUT2D eigenvalue weighted by Gasteiger charge is -2.10. The van der Waals surface area contributed by atoms with Crippen LogP contribution in [0, 0.1) is 0 Å². The smallest absolute Gasteiger partial charge is 0.319 e. The molecule has 2 rings (SSSR count). The molecule has 7 heteroatoms. The molecule has 2 amide bonds. The molecule has 0 aliphatic carbocycles. The zero-order valence-corrected chi connectivity index (χ0v) is 12.0. The first-order chi connectivity index (χ1) is 10.1. The van der Waals surface area contributed by atoms with Crippen LogP contribution in [-0.2, 0) is 6.54 Å². The number of urea groups is 1. The van der Waals surface area contributed by atoms with E-state index in [0.29, 0.717) is 6.54 Å². The Morgan fingerprint density at radius 1 is 1.48 bits per heavy atom. The molecule has 4 N–H and O–H groups in total. The van der Waals surface area contributed by atoms with Gasteiger partial charge in [0.15, 0.2) is 0 Å². The molecular formula is C14H20N6O. The molecule has 2 aromatic rings. The molecule has 1 heterocycles. The van der Waals surface area contributed by atoms with Crippen molar-refractivity contribution < 1.29 is 4.79 Å². The Labute approximate surface area is 123 Å². The summed E-state index contributed by atoms with van der Waals surface area (Å²) < 4.78 is 1.73. The van der Waals surface area contributed by atoms with Crippen molar-refractivity contribution in [2.45, 2.75) is 25.9 Å². The molecule has 0 bridgehead atoms. The molecule has 0 spiro atoms. The largest absolute Gasteiger partial charge is 0.338 e. The molecule has 0 aliphatic rings. The van der Waals surface area contributed by atoms with Crippen LogP contribution in [0.4, 0.5) is 10.5 Å². The summed E-state index contributed by atoms with van der Waals surface area (Å²) in [6, 6.07) is 7.23. The highest BCUT2D eigenvalue weighted by Crippen LogP contribution is 2.15. The number of benzene rings is 1. The van der Waals surface area contributed by atoms with Crippen molar-refractivity contribution >= 4 is 11.7 Å². The van der Waals surface area contributed by atoms with Crippen LogP contribution in [0.25, 0.3) is 0 Å². The van der Waals surface area contributed by atoms with Crippen molar-refractivity contribution in [2.75, 3.05) is 11.9 Å². The van der Waals surface area contributed by atoms with Gasteiger partial charge < -0.3 is 16.4 Å². The lowest BCUT2D eigenvalue weighted by molar-refractivity contribution is 0.251. The predicted molar refractivity (Wildman–Crippen MR) is 80.7 cm³/mol. The average molecular weight is 288 g/mol. The number of nitrogens with two attached hydrogens (primary N) is 1. The Morgan fingerprint density at radius 3 is 3.05 bits per heavy atom. The Kier molecular flexibility index (Phi) is 5.28. The van der Waals surface area contributed by atoms with Gasteiger partial charge in [0.05, 0.1) is 6.20 Å². The predicted octanol–water partition coefficient (Wildman–Crippen LogP) is 1.51. The van der Waals surface area contributed by atoms with E-state index in [4.69, 9.17) is 5.73 Å². The van der Waals surface area contributed by atoms with Gasteiger partial charge in [0, 0.05) is 31.0 Å². The van der Waals surface area contributed by atoms with Gasteiger partial charge in [0.1, 0.15) is 0 Å². The molecular weight excluding hydrogens is 268 g/mol. The molecule has 1 aromatic carbocycles. The van der Waals surface area contributed by atoms with Crippen molar-refractivity contribution in [3.05, 3.63) is 42.2 Å². The maximum absolute atomic E-state index is 11.8. The number of amides is 2. The highest BCUT2D eigenvalue weighted by molar-refractivity contribution is 5.89. The van der Waals surface area contributed by atoms with Gasteiger partial charge in [-0.3, -0.25) is 4.68 Å². The van der Waals surface area contributed by atoms with Gasteiger partial charge in [-0.15, -0.1) is 5.10 Å². The molecule has 0 aliphatic heterocycles. The molecule has 1 aromatic heterocycles. The van der Waals surface area contributed by atoms with Crippen LogP contribution < -0.4 is 16.4 Å². The first-order valence-electron chi connectivity index (χ1n) is 6.89. The Bertz CT molecular complexity index is 567. The fourth-order valence-electron chi connectivity index (χ4n) is 1.87. The van der Waals surface area contributed by atoms with Gasteiger partial charge in [0.25, 0.3) is 0 Å². The van der Waals surface area contributed by atoms with Crippen molar-refractivity contribution in [3.63, 3.8) is 0 Å². The maximum Gasteiger partial charge on any atom is 0.319 e. The van der Waals surface area contributed by atoms with Crippen LogP contribution in [0.1, 0.15) is 24.9 Å². The summed E-state index contributed by atoms with van der Waals surface area (Å²) in [5.41, 5.74) is 7.54. The molecule has 21 heavy (non-hydrogen) atoms. The number of rotatable bonds is 6. The highest BCUT2D eigenvalue weighted by Gasteiger charge is 2.04. The second-order valence-corrected chi connectivity index (χ2v) is 4.81. The van der Waals surface area contributed by atoms with Crippen molar-refractivity contribution in [1.29, 1.82) is 0 Å². The van der Waals surface area contributed by atoms with E-state index in [1.165, 1.54) is 0 Å². The van der Waals surface area contributed by atoms with Crippen LogP contribution >= 0.6 is 0 Å². The summed E-state index contributed by atoms with van der Waals surface area (Å²) in [6.45, 7) is 3.20. The minimum Gasteiger partial charge on any atom is -0.338 e. The molecule has 0 radical (unpaired) electrons. The van der Waals surface area contributed by atoms with Gasteiger partial charge in [0.2, 0.25) is 0 Å². The van der Waals surface area contributed by atoms with Crippen molar-refractivity contribution in [3.8, 4) is 0 Å². The lowest BCUT2D eigenvalue weighted by Crippen LogP contribution is -2.30. The number of carbonyl (C=O) groups excluding carboxylic acids is 1. The number of carbonyl (C=O) groups is 1. The third-order valence-corrected chi connectivity index (χ3v) is 2.99. The molecule has 0 fully saturated rings. The number of hydrogen-bond donors (Lipinski definition) is 3. The number of anilines is 1. The van der Waals surface area contributed by atoms with Gasteiger partial charge in [-0.25, -0.2) is 4.79 Å². The number of nitrogens with one attached hydrogen (secondary N) is 2. The van der Waals surface area contributed by atoms with E-state index >= 15 is 0 Å². The van der Waals surface area contributed by atoms with Crippen LogP contribution in [0.15, 0.2) is 36.7 Å².